The average molecular weight is 173 g/mol. The number of hydrogen-bond donors (Lipinski definition) is 2. The van der Waals surface area contributed by atoms with Gasteiger partial charge in [-0.05, 0) is 19.4 Å². The predicted molar refractivity (Wildman–Crippen MR) is 43.7 cm³/mol. The highest BCUT2D eigenvalue weighted by molar-refractivity contribution is 5.84. The Bertz CT molecular complexity index is 143. The molecule has 1 atom stereocenters. The summed E-state index contributed by atoms with van der Waals surface area (Å²) in [6.45, 7) is 0.968. The summed E-state index contributed by atoms with van der Waals surface area (Å²) in [6, 6.07) is 0.0345. The summed E-state index contributed by atoms with van der Waals surface area (Å²) in [7, 11) is 0. The quantitative estimate of drug-likeness (QED) is 0.441. The normalized spacial score (nSPS) is 22.9. The van der Waals surface area contributed by atoms with E-state index in [4.69, 9.17) is 5.11 Å². The van der Waals surface area contributed by atoms with Gasteiger partial charge in [-0.1, -0.05) is 0 Å². The number of Topliss-reactive ketones (excluding diaryl/α,β-unsaturated/α-hetero) is 1. The molecule has 0 aliphatic carbocycles. The highest BCUT2D eigenvalue weighted by Gasteiger charge is 2.20. The zero-order chi connectivity index (χ0) is 8.81. The maximum absolute atomic E-state index is 11.3. The number of ether oxygens (including phenoxy) is 1. The molecular weight excluding hydrogens is 158 g/mol. The van der Waals surface area contributed by atoms with Crippen LogP contribution >= 0.6 is 0 Å². The first kappa shape index (κ1) is 9.64. The topological polar surface area (TPSA) is 58.6 Å². The standard InChI is InChI=1S/C8H15NO3/c10-6-12-5-3-8(11)7-2-1-4-9-7/h7,9-10H,1-6H2/t7-/m0/s1. The van der Waals surface area contributed by atoms with Crippen molar-refractivity contribution in [2.24, 2.45) is 0 Å². The maximum Gasteiger partial charge on any atom is 0.152 e. The molecule has 0 bridgehead atoms. The second kappa shape index (κ2) is 5.24. The Balaban J connectivity index is 2.10. The maximum atomic E-state index is 11.3. The van der Waals surface area contributed by atoms with Gasteiger partial charge >= 0.3 is 0 Å². The van der Waals surface area contributed by atoms with Crippen LogP contribution < -0.4 is 5.32 Å². The first-order valence-electron chi connectivity index (χ1n) is 4.29. The number of rotatable bonds is 5. The Hall–Kier alpha value is -0.450. The number of carbonyl (C=O) groups excluding carboxylic acids is 1. The second-order valence-corrected chi connectivity index (χ2v) is 2.90. The number of nitrogens with one attached hydrogen (secondary N) is 1. The monoisotopic (exact) mass is 173 g/mol. The van der Waals surface area contributed by atoms with Gasteiger partial charge in [0.1, 0.15) is 6.79 Å². The van der Waals surface area contributed by atoms with Crippen molar-refractivity contribution in [2.75, 3.05) is 19.9 Å². The summed E-state index contributed by atoms with van der Waals surface area (Å²) in [6.07, 6.45) is 2.42. The molecule has 0 radical (unpaired) electrons. The largest absolute Gasteiger partial charge is 0.371 e. The highest BCUT2D eigenvalue weighted by atomic mass is 16.6. The van der Waals surface area contributed by atoms with E-state index in [2.05, 4.69) is 10.1 Å². The zero-order valence-corrected chi connectivity index (χ0v) is 7.08. The minimum absolute atomic E-state index is 0.0345. The van der Waals surface area contributed by atoms with E-state index in [-0.39, 0.29) is 18.6 Å². The summed E-state index contributed by atoms with van der Waals surface area (Å²) < 4.78 is 4.67. The number of hydrogen-bond acceptors (Lipinski definition) is 4. The first-order valence-corrected chi connectivity index (χ1v) is 4.29. The van der Waals surface area contributed by atoms with Crippen LogP contribution in [0.25, 0.3) is 0 Å². The molecule has 0 aromatic heterocycles. The molecule has 1 fully saturated rings. The fraction of sp³-hybridized carbons (Fsp3) is 0.875. The fourth-order valence-electron chi connectivity index (χ4n) is 1.37. The van der Waals surface area contributed by atoms with Crippen molar-refractivity contribution < 1.29 is 14.6 Å². The molecule has 70 valence electrons. The lowest BCUT2D eigenvalue weighted by atomic mass is 10.1. The van der Waals surface area contributed by atoms with Crippen LogP contribution in [0.3, 0.4) is 0 Å². The van der Waals surface area contributed by atoms with E-state index < -0.39 is 0 Å². The summed E-state index contributed by atoms with van der Waals surface area (Å²) >= 11 is 0. The van der Waals surface area contributed by atoms with Crippen molar-refractivity contribution in [2.45, 2.75) is 25.3 Å². The van der Waals surface area contributed by atoms with Gasteiger partial charge in [-0.2, -0.15) is 0 Å². The molecule has 0 unspecified atom stereocenters. The number of aliphatic hydroxyl groups excluding tert-OH is 1. The Morgan fingerprint density at radius 2 is 2.50 bits per heavy atom. The molecule has 0 spiro atoms. The lowest BCUT2D eigenvalue weighted by Gasteiger charge is -2.07. The van der Waals surface area contributed by atoms with E-state index in [9.17, 15) is 4.79 Å². The number of ketones is 1. The molecule has 1 aliphatic heterocycles. The molecule has 4 heteroatoms. The van der Waals surface area contributed by atoms with Crippen LogP contribution in [0.15, 0.2) is 0 Å². The third-order valence-corrected chi connectivity index (χ3v) is 2.03. The highest BCUT2D eigenvalue weighted by Crippen LogP contribution is 2.07. The van der Waals surface area contributed by atoms with Gasteiger partial charge in [-0.25, -0.2) is 0 Å². The Morgan fingerprint density at radius 3 is 3.08 bits per heavy atom. The van der Waals surface area contributed by atoms with Crippen molar-refractivity contribution in [1.82, 2.24) is 5.32 Å². The minimum atomic E-state index is -0.300. The molecule has 1 heterocycles. The van der Waals surface area contributed by atoms with Crippen molar-refractivity contribution in [3.8, 4) is 0 Å². The average Bonchev–Trinajstić information content (AvgIpc) is 2.56. The molecule has 0 amide bonds. The van der Waals surface area contributed by atoms with Gasteiger partial charge < -0.3 is 15.2 Å². The third-order valence-electron chi connectivity index (χ3n) is 2.03. The van der Waals surface area contributed by atoms with Gasteiger partial charge in [0.05, 0.1) is 12.6 Å². The van der Waals surface area contributed by atoms with Crippen LogP contribution in [-0.2, 0) is 9.53 Å². The number of carbonyl (C=O) groups is 1. The van der Waals surface area contributed by atoms with E-state index >= 15 is 0 Å². The Kier molecular flexibility index (Phi) is 4.21. The molecule has 0 saturated carbocycles. The van der Waals surface area contributed by atoms with Crippen LogP contribution in [0.4, 0.5) is 0 Å². The van der Waals surface area contributed by atoms with E-state index in [1.54, 1.807) is 0 Å². The molecular formula is C8H15NO3. The summed E-state index contributed by atoms with van der Waals surface area (Å²) in [4.78, 5) is 11.3. The van der Waals surface area contributed by atoms with Gasteiger partial charge in [0, 0.05) is 6.42 Å². The van der Waals surface area contributed by atoms with Crippen LogP contribution in [0.5, 0.6) is 0 Å². The molecule has 4 nitrogen and oxygen atoms in total. The van der Waals surface area contributed by atoms with Gasteiger partial charge in [-0.15, -0.1) is 0 Å². The predicted octanol–water partition coefficient (Wildman–Crippen LogP) is -0.336. The molecule has 0 aromatic carbocycles. The van der Waals surface area contributed by atoms with Gasteiger partial charge in [0.2, 0.25) is 0 Å². The van der Waals surface area contributed by atoms with E-state index in [1.165, 1.54) is 0 Å². The molecule has 2 N–H and O–H groups in total. The smallest absolute Gasteiger partial charge is 0.152 e. The van der Waals surface area contributed by atoms with E-state index in [0.29, 0.717) is 13.0 Å². The van der Waals surface area contributed by atoms with Crippen molar-refractivity contribution >= 4 is 5.78 Å². The van der Waals surface area contributed by atoms with Gasteiger partial charge in [-0.3, -0.25) is 4.79 Å². The first-order chi connectivity index (χ1) is 5.84. The number of aliphatic hydroxyl groups is 1. The van der Waals surface area contributed by atoms with Gasteiger partial charge in [0.15, 0.2) is 5.78 Å². The minimum Gasteiger partial charge on any atom is -0.371 e. The molecule has 1 aliphatic rings. The second-order valence-electron chi connectivity index (χ2n) is 2.90. The Morgan fingerprint density at radius 1 is 1.67 bits per heavy atom. The summed E-state index contributed by atoms with van der Waals surface area (Å²) in [5.74, 6) is 0.195. The van der Waals surface area contributed by atoms with Crippen LogP contribution in [0.1, 0.15) is 19.3 Å². The lowest BCUT2D eigenvalue weighted by Crippen LogP contribution is -2.31. The lowest BCUT2D eigenvalue weighted by molar-refractivity contribution is -0.122. The van der Waals surface area contributed by atoms with Crippen molar-refractivity contribution in [1.29, 1.82) is 0 Å². The third kappa shape index (κ3) is 2.89. The van der Waals surface area contributed by atoms with E-state index in [0.717, 1.165) is 19.4 Å². The Labute approximate surface area is 71.9 Å². The van der Waals surface area contributed by atoms with Crippen LogP contribution in [-0.4, -0.2) is 36.9 Å². The summed E-state index contributed by atoms with van der Waals surface area (Å²) in [5.41, 5.74) is 0. The van der Waals surface area contributed by atoms with Crippen LogP contribution in [0.2, 0.25) is 0 Å². The SMILES string of the molecule is O=C(CCOCO)[C@@H]1CCCN1. The summed E-state index contributed by atoms with van der Waals surface area (Å²) in [5, 5.41) is 11.4. The van der Waals surface area contributed by atoms with Crippen LogP contribution in [0, 0.1) is 0 Å². The molecule has 1 saturated heterocycles. The van der Waals surface area contributed by atoms with E-state index in [1.807, 2.05) is 0 Å². The molecule has 1 rings (SSSR count). The van der Waals surface area contributed by atoms with Gasteiger partial charge in [0.25, 0.3) is 0 Å². The fourth-order valence-corrected chi connectivity index (χ4v) is 1.37. The van der Waals surface area contributed by atoms with Crippen molar-refractivity contribution in [3.05, 3.63) is 0 Å². The van der Waals surface area contributed by atoms with Crippen molar-refractivity contribution in [3.63, 3.8) is 0 Å². The molecule has 12 heavy (non-hydrogen) atoms. The zero-order valence-electron chi connectivity index (χ0n) is 7.08. The molecule has 0 aromatic rings.